The van der Waals surface area contributed by atoms with Crippen LogP contribution in [0.4, 0.5) is 0 Å². The lowest BCUT2D eigenvalue weighted by Crippen LogP contribution is -2.32. The van der Waals surface area contributed by atoms with Gasteiger partial charge in [0.05, 0.1) is 0 Å². The molecule has 0 rings (SSSR count). The first-order valence-corrected chi connectivity index (χ1v) is 4.89. The molecule has 0 N–H and O–H groups in total. The van der Waals surface area contributed by atoms with Crippen molar-refractivity contribution in [2.75, 3.05) is 0 Å². The largest absolute Gasteiger partial charge is 0.368 e. The molecule has 3 nitrogen and oxygen atoms in total. The van der Waals surface area contributed by atoms with Crippen molar-refractivity contribution in [3.8, 4) is 0 Å². The van der Waals surface area contributed by atoms with Gasteiger partial charge in [-0.2, -0.15) is 4.89 Å². The molecule has 0 bridgehead atoms. The standard InChI is InChI=1S/C11H20O3/c1-7-9(4)10(12)13-14-11(5,6)8(2)3/h8H,4,7H2,1-3,5-6H3. The van der Waals surface area contributed by atoms with Crippen LogP contribution in [-0.4, -0.2) is 11.6 Å². The first kappa shape index (κ1) is 13.2. The zero-order valence-electron chi connectivity index (χ0n) is 9.72. The Morgan fingerprint density at radius 2 is 1.93 bits per heavy atom. The summed E-state index contributed by atoms with van der Waals surface area (Å²) in [5.41, 5.74) is -0.0477. The Labute approximate surface area is 86.0 Å². The fourth-order valence-electron chi connectivity index (χ4n) is 0.445. The fraction of sp³-hybridized carbons (Fsp3) is 0.727. The molecule has 14 heavy (non-hydrogen) atoms. The molecular weight excluding hydrogens is 180 g/mol. The van der Waals surface area contributed by atoms with Crippen LogP contribution in [-0.2, 0) is 14.6 Å². The van der Waals surface area contributed by atoms with Gasteiger partial charge in [-0.1, -0.05) is 27.4 Å². The number of carbonyl (C=O) groups excluding carboxylic acids is 1. The zero-order valence-corrected chi connectivity index (χ0v) is 9.72. The third kappa shape index (κ3) is 3.92. The van der Waals surface area contributed by atoms with E-state index in [1.54, 1.807) is 0 Å². The van der Waals surface area contributed by atoms with Crippen molar-refractivity contribution < 1.29 is 14.6 Å². The number of carbonyl (C=O) groups is 1. The van der Waals surface area contributed by atoms with Crippen molar-refractivity contribution in [1.29, 1.82) is 0 Å². The normalized spacial score (nSPS) is 11.6. The molecule has 0 unspecified atom stereocenters. The molecule has 82 valence electrons. The van der Waals surface area contributed by atoms with Gasteiger partial charge in [0.2, 0.25) is 0 Å². The second-order valence-corrected chi connectivity index (χ2v) is 4.17. The summed E-state index contributed by atoms with van der Waals surface area (Å²) in [5, 5.41) is 0. The summed E-state index contributed by atoms with van der Waals surface area (Å²) in [4.78, 5) is 20.9. The molecule has 0 aliphatic carbocycles. The van der Waals surface area contributed by atoms with Crippen LogP contribution in [0, 0.1) is 5.92 Å². The highest BCUT2D eigenvalue weighted by Gasteiger charge is 2.26. The van der Waals surface area contributed by atoms with Crippen molar-refractivity contribution in [3.05, 3.63) is 12.2 Å². The molecule has 0 amide bonds. The minimum atomic E-state index is -0.485. The lowest BCUT2D eigenvalue weighted by atomic mass is 9.95. The van der Waals surface area contributed by atoms with Crippen LogP contribution >= 0.6 is 0 Å². The lowest BCUT2D eigenvalue weighted by Gasteiger charge is -2.26. The van der Waals surface area contributed by atoms with Crippen molar-refractivity contribution in [3.63, 3.8) is 0 Å². The highest BCUT2D eigenvalue weighted by molar-refractivity contribution is 5.87. The Hall–Kier alpha value is -0.830. The molecule has 0 spiro atoms. The summed E-state index contributed by atoms with van der Waals surface area (Å²) in [7, 11) is 0. The van der Waals surface area contributed by atoms with Gasteiger partial charge in [-0.3, -0.25) is 4.89 Å². The third-order valence-corrected chi connectivity index (χ3v) is 2.44. The summed E-state index contributed by atoms with van der Waals surface area (Å²) in [5.74, 6) is -0.216. The molecule has 0 atom stereocenters. The molecule has 0 aromatic rings. The molecule has 0 aliphatic rings. The maximum absolute atomic E-state index is 11.2. The second-order valence-electron chi connectivity index (χ2n) is 4.17. The molecule has 0 aromatic carbocycles. The number of hydrogen-bond acceptors (Lipinski definition) is 3. The van der Waals surface area contributed by atoms with E-state index < -0.39 is 11.6 Å². The molecule has 0 saturated heterocycles. The van der Waals surface area contributed by atoms with Gasteiger partial charge in [-0.15, -0.1) is 0 Å². The maximum atomic E-state index is 11.2. The summed E-state index contributed by atoms with van der Waals surface area (Å²) in [6.07, 6.45) is 0.574. The van der Waals surface area contributed by atoms with Gasteiger partial charge < -0.3 is 0 Å². The fourth-order valence-corrected chi connectivity index (χ4v) is 0.445. The van der Waals surface area contributed by atoms with Gasteiger partial charge >= 0.3 is 5.97 Å². The first-order valence-electron chi connectivity index (χ1n) is 4.89. The summed E-state index contributed by atoms with van der Waals surface area (Å²) >= 11 is 0. The van der Waals surface area contributed by atoms with Crippen molar-refractivity contribution in [2.45, 2.75) is 46.6 Å². The minimum absolute atomic E-state index is 0.269. The molecule has 0 aromatic heterocycles. The van der Waals surface area contributed by atoms with Crippen LogP contribution in [0.1, 0.15) is 41.0 Å². The molecular formula is C11H20O3. The van der Waals surface area contributed by atoms with Crippen molar-refractivity contribution in [2.24, 2.45) is 5.92 Å². The van der Waals surface area contributed by atoms with E-state index in [2.05, 4.69) is 11.5 Å². The quantitative estimate of drug-likeness (QED) is 0.389. The highest BCUT2D eigenvalue weighted by Crippen LogP contribution is 2.21. The van der Waals surface area contributed by atoms with Crippen LogP contribution in [0.15, 0.2) is 12.2 Å². The summed E-state index contributed by atoms with van der Waals surface area (Å²) in [6, 6.07) is 0. The van der Waals surface area contributed by atoms with E-state index in [-0.39, 0.29) is 5.92 Å². The number of hydrogen-bond donors (Lipinski definition) is 0. The zero-order chi connectivity index (χ0) is 11.4. The van der Waals surface area contributed by atoms with E-state index in [1.165, 1.54) is 0 Å². The molecule has 0 radical (unpaired) electrons. The summed E-state index contributed by atoms with van der Waals surface area (Å²) < 4.78 is 0. The van der Waals surface area contributed by atoms with E-state index in [9.17, 15) is 4.79 Å². The Kier molecular flexibility index (Phi) is 4.85. The smallest absolute Gasteiger partial charge is 0.293 e. The second kappa shape index (κ2) is 5.15. The third-order valence-electron chi connectivity index (χ3n) is 2.44. The van der Waals surface area contributed by atoms with E-state index >= 15 is 0 Å². The van der Waals surface area contributed by atoms with Gasteiger partial charge in [0.25, 0.3) is 0 Å². The number of rotatable bonds is 5. The van der Waals surface area contributed by atoms with Crippen molar-refractivity contribution >= 4 is 5.97 Å². The van der Waals surface area contributed by atoms with E-state index in [0.29, 0.717) is 12.0 Å². The predicted molar refractivity (Wildman–Crippen MR) is 55.5 cm³/mol. The van der Waals surface area contributed by atoms with Gasteiger partial charge in [0, 0.05) is 5.57 Å². The Morgan fingerprint density at radius 3 is 2.29 bits per heavy atom. The molecule has 3 heteroatoms. The minimum Gasteiger partial charge on any atom is -0.293 e. The molecule has 0 heterocycles. The Bertz CT molecular complexity index is 217. The van der Waals surface area contributed by atoms with E-state index in [1.807, 2.05) is 34.6 Å². The summed E-state index contributed by atoms with van der Waals surface area (Å²) in [6.45, 7) is 13.2. The average Bonchev–Trinajstić information content (AvgIpc) is 2.12. The van der Waals surface area contributed by atoms with Gasteiger partial charge in [-0.05, 0) is 26.2 Å². The van der Waals surface area contributed by atoms with Gasteiger partial charge in [0.15, 0.2) is 0 Å². The van der Waals surface area contributed by atoms with Gasteiger partial charge in [0.1, 0.15) is 5.60 Å². The lowest BCUT2D eigenvalue weighted by molar-refractivity contribution is -0.331. The SMILES string of the molecule is C=C(CC)C(=O)OOC(C)(C)C(C)C. The van der Waals surface area contributed by atoms with Crippen molar-refractivity contribution in [1.82, 2.24) is 0 Å². The Balaban J connectivity index is 4.06. The monoisotopic (exact) mass is 200 g/mol. The average molecular weight is 200 g/mol. The predicted octanol–water partition coefficient (Wildman–Crippen LogP) is 2.86. The van der Waals surface area contributed by atoms with Crippen LogP contribution in [0.5, 0.6) is 0 Å². The van der Waals surface area contributed by atoms with E-state index in [0.717, 1.165) is 0 Å². The van der Waals surface area contributed by atoms with Crippen LogP contribution in [0.2, 0.25) is 0 Å². The highest BCUT2D eigenvalue weighted by atomic mass is 17.2. The van der Waals surface area contributed by atoms with Crippen LogP contribution in [0.3, 0.4) is 0 Å². The first-order chi connectivity index (χ1) is 6.31. The topological polar surface area (TPSA) is 35.5 Å². The van der Waals surface area contributed by atoms with Crippen LogP contribution in [0.25, 0.3) is 0 Å². The maximum Gasteiger partial charge on any atom is 0.368 e. The van der Waals surface area contributed by atoms with Gasteiger partial charge in [-0.25, -0.2) is 4.79 Å². The molecule has 0 aliphatic heterocycles. The van der Waals surface area contributed by atoms with E-state index in [4.69, 9.17) is 4.89 Å². The van der Waals surface area contributed by atoms with Crippen LogP contribution < -0.4 is 0 Å². The molecule has 0 saturated carbocycles. The molecule has 0 fully saturated rings. The Morgan fingerprint density at radius 1 is 1.43 bits per heavy atom.